The van der Waals surface area contributed by atoms with Crippen LogP contribution < -0.4 is 4.74 Å². The predicted octanol–water partition coefficient (Wildman–Crippen LogP) is 3.38. The third kappa shape index (κ3) is 6.51. The Morgan fingerprint density at radius 1 is 0.960 bits per heavy atom. The van der Waals surface area contributed by atoms with Crippen molar-refractivity contribution in [3.63, 3.8) is 0 Å². The van der Waals surface area contributed by atoms with E-state index >= 15 is 0 Å². The number of carbonyl (C=O) groups is 1. The fourth-order valence-electron chi connectivity index (χ4n) is 2.44. The van der Waals surface area contributed by atoms with Crippen molar-refractivity contribution < 1.29 is 18.3 Å². The SMILES string of the molecule is CN(CC(=O)N(C)Cc1ccc(OC(F)F)cc1)Cc1ccccc1. The summed E-state index contributed by atoms with van der Waals surface area (Å²) in [6.45, 7) is -1.43. The number of alkyl halides is 2. The van der Waals surface area contributed by atoms with Gasteiger partial charge in [0.15, 0.2) is 0 Å². The first kappa shape index (κ1) is 18.9. The third-order valence-electron chi connectivity index (χ3n) is 3.69. The van der Waals surface area contributed by atoms with Crippen molar-refractivity contribution in [2.75, 3.05) is 20.6 Å². The number of amides is 1. The number of halogens is 2. The first-order valence-corrected chi connectivity index (χ1v) is 7.94. The maximum atomic E-state index is 12.3. The lowest BCUT2D eigenvalue weighted by atomic mass is 10.2. The van der Waals surface area contributed by atoms with Crippen LogP contribution in [0.3, 0.4) is 0 Å². The van der Waals surface area contributed by atoms with Crippen LogP contribution in [0, 0.1) is 0 Å². The van der Waals surface area contributed by atoms with Gasteiger partial charge in [-0.1, -0.05) is 42.5 Å². The van der Waals surface area contributed by atoms with E-state index in [0.29, 0.717) is 19.6 Å². The highest BCUT2D eigenvalue weighted by atomic mass is 19.3. The Morgan fingerprint density at radius 3 is 2.16 bits per heavy atom. The maximum absolute atomic E-state index is 12.3. The van der Waals surface area contributed by atoms with Crippen molar-refractivity contribution >= 4 is 5.91 Å². The summed E-state index contributed by atoms with van der Waals surface area (Å²) >= 11 is 0. The Morgan fingerprint density at radius 2 is 1.56 bits per heavy atom. The Hall–Kier alpha value is -2.47. The highest BCUT2D eigenvalue weighted by Crippen LogP contribution is 2.16. The summed E-state index contributed by atoms with van der Waals surface area (Å²) in [5, 5.41) is 0. The number of benzene rings is 2. The molecule has 0 atom stereocenters. The quantitative estimate of drug-likeness (QED) is 0.733. The summed E-state index contributed by atoms with van der Waals surface area (Å²) < 4.78 is 28.6. The highest BCUT2D eigenvalue weighted by molar-refractivity contribution is 5.77. The van der Waals surface area contributed by atoms with Crippen molar-refractivity contribution in [3.8, 4) is 5.75 Å². The molecule has 0 heterocycles. The first-order valence-electron chi connectivity index (χ1n) is 7.94. The van der Waals surface area contributed by atoms with Gasteiger partial charge in [0.05, 0.1) is 6.54 Å². The van der Waals surface area contributed by atoms with Gasteiger partial charge < -0.3 is 9.64 Å². The van der Waals surface area contributed by atoms with E-state index in [-0.39, 0.29) is 11.7 Å². The van der Waals surface area contributed by atoms with Crippen LogP contribution in [0.1, 0.15) is 11.1 Å². The summed E-state index contributed by atoms with van der Waals surface area (Å²) in [5.41, 5.74) is 2.00. The Balaban J connectivity index is 1.83. The molecule has 0 aliphatic heterocycles. The zero-order chi connectivity index (χ0) is 18.2. The molecule has 0 aromatic heterocycles. The lowest BCUT2D eigenvalue weighted by molar-refractivity contribution is -0.131. The van der Waals surface area contributed by atoms with Gasteiger partial charge in [0.2, 0.25) is 5.91 Å². The molecule has 2 aromatic rings. The molecule has 4 nitrogen and oxygen atoms in total. The maximum Gasteiger partial charge on any atom is 0.387 e. The van der Waals surface area contributed by atoms with E-state index in [2.05, 4.69) is 4.74 Å². The van der Waals surface area contributed by atoms with Gasteiger partial charge in [0.25, 0.3) is 0 Å². The molecule has 0 saturated heterocycles. The summed E-state index contributed by atoms with van der Waals surface area (Å²) in [6, 6.07) is 16.2. The van der Waals surface area contributed by atoms with Crippen molar-refractivity contribution in [3.05, 3.63) is 65.7 Å². The van der Waals surface area contributed by atoms with Crippen LogP contribution in [0.25, 0.3) is 0 Å². The van der Waals surface area contributed by atoms with Gasteiger partial charge in [-0.3, -0.25) is 9.69 Å². The van der Waals surface area contributed by atoms with E-state index in [0.717, 1.165) is 11.1 Å². The summed E-state index contributed by atoms with van der Waals surface area (Å²) in [6.07, 6.45) is 0. The van der Waals surface area contributed by atoms with Crippen LogP contribution in [0.5, 0.6) is 5.75 Å². The van der Waals surface area contributed by atoms with Gasteiger partial charge in [0, 0.05) is 20.1 Å². The Kier molecular flexibility index (Phi) is 6.89. The summed E-state index contributed by atoms with van der Waals surface area (Å²) in [5.74, 6) is 0.0988. The zero-order valence-corrected chi connectivity index (χ0v) is 14.4. The molecule has 0 fully saturated rings. The van der Waals surface area contributed by atoms with Gasteiger partial charge in [0.1, 0.15) is 5.75 Å². The number of hydrogen-bond donors (Lipinski definition) is 0. The van der Waals surface area contributed by atoms with Gasteiger partial charge in [-0.2, -0.15) is 8.78 Å². The van der Waals surface area contributed by atoms with Gasteiger partial charge in [-0.15, -0.1) is 0 Å². The average Bonchev–Trinajstić information content (AvgIpc) is 2.57. The fraction of sp³-hybridized carbons (Fsp3) is 0.316. The number of carbonyl (C=O) groups excluding carboxylic acids is 1. The number of likely N-dealkylation sites (N-methyl/N-ethyl adjacent to an activating group) is 2. The monoisotopic (exact) mass is 348 g/mol. The number of ether oxygens (including phenoxy) is 1. The lowest BCUT2D eigenvalue weighted by Gasteiger charge is -2.22. The number of rotatable bonds is 8. The molecule has 25 heavy (non-hydrogen) atoms. The minimum absolute atomic E-state index is 0.00802. The molecular weight excluding hydrogens is 326 g/mol. The van der Waals surface area contributed by atoms with Crippen LogP contribution in [-0.2, 0) is 17.9 Å². The molecule has 134 valence electrons. The summed E-state index contributed by atoms with van der Waals surface area (Å²) in [4.78, 5) is 15.9. The molecule has 2 rings (SSSR count). The molecule has 1 amide bonds. The van der Waals surface area contributed by atoms with Gasteiger partial charge in [-0.25, -0.2) is 0 Å². The molecule has 0 saturated carbocycles. The van der Waals surface area contributed by atoms with E-state index in [1.807, 2.05) is 42.3 Å². The molecule has 0 radical (unpaired) electrons. The van der Waals surface area contributed by atoms with Crippen molar-refractivity contribution in [2.24, 2.45) is 0 Å². The van der Waals surface area contributed by atoms with Crippen LogP contribution in [0.2, 0.25) is 0 Å². The van der Waals surface area contributed by atoms with E-state index in [1.54, 1.807) is 24.1 Å². The largest absolute Gasteiger partial charge is 0.435 e. The lowest BCUT2D eigenvalue weighted by Crippen LogP contribution is -2.36. The molecular formula is C19H22F2N2O2. The minimum atomic E-state index is -2.84. The molecule has 0 bridgehead atoms. The van der Waals surface area contributed by atoms with Crippen molar-refractivity contribution in [2.45, 2.75) is 19.7 Å². The van der Waals surface area contributed by atoms with E-state index < -0.39 is 6.61 Å². The summed E-state index contributed by atoms with van der Waals surface area (Å²) in [7, 11) is 3.62. The number of hydrogen-bond acceptors (Lipinski definition) is 3. The van der Waals surface area contributed by atoms with Gasteiger partial charge in [-0.05, 0) is 30.3 Å². The Bertz CT molecular complexity index is 663. The zero-order valence-electron chi connectivity index (χ0n) is 14.4. The third-order valence-corrected chi connectivity index (χ3v) is 3.69. The molecule has 6 heteroatoms. The van der Waals surface area contributed by atoms with Crippen LogP contribution in [0.4, 0.5) is 8.78 Å². The molecule has 0 N–H and O–H groups in total. The molecule has 0 aliphatic rings. The van der Waals surface area contributed by atoms with E-state index in [4.69, 9.17) is 0 Å². The van der Waals surface area contributed by atoms with E-state index in [9.17, 15) is 13.6 Å². The van der Waals surface area contributed by atoms with Crippen molar-refractivity contribution in [1.82, 2.24) is 9.80 Å². The smallest absolute Gasteiger partial charge is 0.387 e. The van der Waals surface area contributed by atoms with E-state index in [1.165, 1.54) is 12.1 Å². The molecule has 2 aromatic carbocycles. The van der Waals surface area contributed by atoms with Crippen LogP contribution in [-0.4, -0.2) is 43.0 Å². The Labute approximate surface area is 146 Å². The molecule has 0 aliphatic carbocycles. The first-order chi connectivity index (χ1) is 11.9. The number of nitrogens with zero attached hydrogens (tertiary/aromatic N) is 2. The topological polar surface area (TPSA) is 32.8 Å². The standard InChI is InChI=1S/C19H22F2N2O2/c1-22(12-15-6-4-3-5-7-15)14-18(24)23(2)13-16-8-10-17(11-9-16)25-19(20)21/h3-11,19H,12-14H2,1-2H3. The minimum Gasteiger partial charge on any atom is -0.435 e. The fourth-order valence-corrected chi connectivity index (χ4v) is 2.44. The average molecular weight is 348 g/mol. The normalized spacial score (nSPS) is 11.0. The van der Waals surface area contributed by atoms with Crippen LogP contribution >= 0.6 is 0 Å². The van der Waals surface area contributed by atoms with Crippen molar-refractivity contribution in [1.29, 1.82) is 0 Å². The second-order valence-corrected chi connectivity index (χ2v) is 5.93. The predicted molar refractivity (Wildman–Crippen MR) is 92.3 cm³/mol. The second kappa shape index (κ2) is 9.13. The molecule has 0 spiro atoms. The second-order valence-electron chi connectivity index (χ2n) is 5.93. The highest BCUT2D eigenvalue weighted by Gasteiger charge is 2.13. The molecule has 0 unspecified atom stereocenters. The van der Waals surface area contributed by atoms with Gasteiger partial charge >= 0.3 is 6.61 Å². The van der Waals surface area contributed by atoms with Crippen LogP contribution in [0.15, 0.2) is 54.6 Å².